The Hall–Kier alpha value is -1.10. The topological polar surface area (TPSA) is 39.7 Å². The van der Waals surface area contributed by atoms with Gasteiger partial charge in [-0.05, 0) is 44.5 Å². The van der Waals surface area contributed by atoms with Crippen molar-refractivity contribution in [1.82, 2.24) is 5.32 Å². The van der Waals surface area contributed by atoms with Crippen LogP contribution in [0.15, 0.2) is 24.3 Å². The van der Waals surface area contributed by atoms with Crippen LogP contribution in [0, 0.1) is 0 Å². The van der Waals surface area contributed by atoms with Gasteiger partial charge in [-0.25, -0.2) is 0 Å². The van der Waals surface area contributed by atoms with Crippen molar-refractivity contribution in [2.24, 2.45) is 0 Å². The third kappa shape index (κ3) is 4.49. The van der Waals surface area contributed by atoms with Crippen molar-refractivity contribution in [3.8, 4) is 5.75 Å². The van der Waals surface area contributed by atoms with Gasteiger partial charge >= 0.3 is 0 Å². The van der Waals surface area contributed by atoms with Crippen molar-refractivity contribution >= 4 is 0 Å². The lowest BCUT2D eigenvalue weighted by Gasteiger charge is -2.35. The van der Waals surface area contributed by atoms with E-state index in [4.69, 9.17) is 14.2 Å². The molecule has 2 rings (SSSR count). The molecule has 4 heteroatoms. The van der Waals surface area contributed by atoms with Gasteiger partial charge in [-0.3, -0.25) is 0 Å². The molecule has 1 aromatic rings. The van der Waals surface area contributed by atoms with Gasteiger partial charge < -0.3 is 19.5 Å². The number of hydrogen-bond acceptors (Lipinski definition) is 4. The van der Waals surface area contributed by atoms with Crippen LogP contribution in [0.1, 0.15) is 19.4 Å². The molecule has 0 spiro atoms. The summed E-state index contributed by atoms with van der Waals surface area (Å²) in [4.78, 5) is 0. The summed E-state index contributed by atoms with van der Waals surface area (Å²) in [5.74, 6) is 0.460. The van der Waals surface area contributed by atoms with E-state index in [1.165, 1.54) is 5.56 Å². The van der Waals surface area contributed by atoms with E-state index in [1.54, 1.807) is 7.11 Å². The highest BCUT2D eigenvalue weighted by atomic mass is 16.7. The molecule has 0 saturated carbocycles. The van der Waals surface area contributed by atoms with Crippen molar-refractivity contribution in [1.29, 1.82) is 0 Å². The molecule has 1 heterocycles. The minimum Gasteiger partial charge on any atom is -0.497 e. The fraction of sp³-hybridized carbons (Fsp3) is 0.600. The summed E-state index contributed by atoms with van der Waals surface area (Å²) in [7, 11) is 1.68. The quantitative estimate of drug-likeness (QED) is 0.883. The number of methoxy groups -OCH3 is 1. The number of ether oxygens (including phenoxy) is 3. The van der Waals surface area contributed by atoms with Gasteiger partial charge in [0.15, 0.2) is 5.79 Å². The third-order valence-corrected chi connectivity index (χ3v) is 3.27. The van der Waals surface area contributed by atoms with Crippen LogP contribution in [0.3, 0.4) is 0 Å². The molecule has 1 aliphatic heterocycles. The molecule has 0 aromatic heterocycles. The second-order valence-corrected chi connectivity index (χ2v) is 5.27. The van der Waals surface area contributed by atoms with Gasteiger partial charge in [0, 0.05) is 0 Å². The first kappa shape index (κ1) is 14.3. The van der Waals surface area contributed by atoms with Gasteiger partial charge in [0.25, 0.3) is 0 Å². The Balaban J connectivity index is 1.69. The van der Waals surface area contributed by atoms with Crippen molar-refractivity contribution in [2.75, 3.05) is 26.9 Å². The van der Waals surface area contributed by atoms with Gasteiger partial charge in [0.1, 0.15) is 5.75 Å². The van der Waals surface area contributed by atoms with Gasteiger partial charge in [0.2, 0.25) is 0 Å². The molecule has 1 fully saturated rings. The molecule has 0 unspecified atom stereocenters. The second-order valence-electron chi connectivity index (χ2n) is 5.27. The van der Waals surface area contributed by atoms with Crippen LogP contribution in [0.2, 0.25) is 0 Å². The maximum atomic E-state index is 5.61. The summed E-state index contributed by atoms with van der Waals surface area (Å²) < 4.78 is 16.4. The largest absolute Gasteiger partial charge is 0.497 e. The summed E-state index contributed by atoms with van der Waals surface area (Å²) in [6, 6.07) is 8.45. The Labute approximate surface area is 115 Å². The van der Waals surface area contributed by atoms with Crippen LogP contribution in [-0.4, -0.2) is 38.7 Å². The molecule has 0 radical (unpaired) electrons. The maximum absolute atomic E-state index is 5.61. The number of rotatable bonds is 5. The van der Waals surface area contributed by atoms with E-state index in [-0.39, 0.29) is 6.04 Å². The summed E-state index contributed by atoms with van der Waals surface area (Å²) in [5.41, 5.74) is 1.30. The minimum atomic E-state index is -0.436. The standard InChI is InChI=1S/C15H23NO3/c1-15(2)18-10-13(11-19-15)16-9-8-12-4-6-14(17-3)7-5-12/h4-7,13,16H,8-11H2,1-3H3. The van der Waals surface area contributed by atoms with E-state index in [0.29, 0.717) is 13.2 Å². The number of nitrogens with one attached hydrogen (secondary N) is 1. The van der Waals surface area contributed by atoms with E-state index in [2.05, 4.69) is 17.4 Å². The summed E-state index contributed by atoms with van der Waals surface area (Å²) >= 11 is 0. The predicted molar refractivity (Wildman–Crippen MR) is 74.5 cm³/mol. The zero-order valence-corrected chi connectivity index (χ0v) is 11.9. The monoisotopic (exact) mass is 265 g/mol. The van der Waals surface area contributed by atoms with Gasteiger partial charge in [-0.1, -0.05) is 12.1 Å². The first-order valence-electron chi connectivity index (χ1n) is 6.73. The molecule has 0 aliphatic carbocycles. The Kier molecular flexibility index (Phi) is 4.80. The lowest BCUT2D eigenvalue weighted by Crippen LogP contribution is -2.48. The molecule has 0 atom stereocenters. The van der Waals surface area contributed by atoms with Crippen LogP contribution in [0.5, 0.6) is 5.75 Å². The van der Waals surface area contributed by atoms with E-state index < -0.39 is 5.79 Å². The molecule has 4 nitrogen and oxygen atoms in total. The SMILES string of the molecule is COc1ccc(CCNC2COC(C)(C)OC2)cc1. The normalized spacial score (nSPS) is 19.3. The zero-order valence-electron chi connectivity index (χ0n) is 11.9. The molecule has 19 heavy (non-hydrogen) atoms. The summed E-state index contributed by atoms with van der Waals surface area (Å²) in [6.07, 6.45) is 0.990. The highest BCUT2D eigenvalue weighted by Gasteiger charge is 2.27. The fourth-order valence-corrected chi connectivity index (χ4v) is 2.02. The molecule has 106 valence electrons. The van der Waals surface area contributed by atoms with E-state index >= 15 is 0 Å². The zero-order chi connectivity index (χ0) is 13.7. The predicted octanol–water partition coefficient (Wildman–Crippen LogP) is 1.98. The summed E-state index contributed by atoms with van der Waals surface area (Å²) in [5, 5.41) is 3.46. The van der Waals surface area contributed by atoms with Crippen molar-refractivity contribution in [3.05, 3.63) is 29.8 Å². The maximum Gasteiger partial charge on any atom is 0.162 e. The molecule has 1 N–H and O–H groups in total. The lowest BCUT2D eigenvalue weighted by molar-refractivity contribution is -0.252. The second kappa shape index (κ2) is 6.37. The van der Waals surface area contributed by atoms with Crippen molar-refractivity contribution in [2.45, 2.75) is 32.1 Å². The molecule has 1 saturated heterocycles. The molecule has 0 bridgehead atoms. The Morgan fingerprint density at radius 3 is 2.42 bits per heavy atom. The van der Waals surface area contributed by atoms with E-state index in [1.807, 2.05) is 26.0 Å². The van der Waals surface area contributed by atoms with Crippen LogP contribution in [0.4, 0.5) is 0 Å². The van der Waals surface area contributed by atoms with E-state index in [9.17, 15) is 0 Å². The Morgan fingerprint density at radius 2 is 1.84 bits per heavy atom. The fourth-order valence-electron chi connectivity index (χ4n) is 2.02. The Bertz CT molecular complexity index is 379. The van der Waals surface area contributed by atoms with E-state index in [0.717, 1.165) is 18.7 Å². The van der Waals surface area contributed by atoms with Gasteiger partial charge in [-0.15, -0.1) is 0 Å². The van der Waals surface area contributed by atoms with Gasteiger partial charge in [-0.2, -0.15) is 0 Å². The minimum absolute atomic E-state index is 0.284. The molecular formula is C15H23NO3. The number of benzene rings is 1. The third-order valence-electron chi connectivity index (χ3n) is 3.27. The van der Waals surface area contributed by atoms with Crippen LogP contribution in [0.25, 0.3) is 0 Å². The lowest BCUT2D eigenvalue weighted by atomic mass is 10.1. The van der Waals surface area contributed by atoms with Crippen LogP contribution < -0.4 is 10.1 Å². The smallest absolute Gasteiger partial charge is 0.162 e. The Morgan fingerprint density at radius 1 is 1.21 bits per heavy atom. The highest BCUT2D eigenvalue weighted by Crippen LogP contribution is 2.17. The molecule has 1 aliphatic rings. The molecular weight excluding hydrogens is 242 g/mol. The molecule has 0 amide bonds. The van der Waals surface area contributed by atoms with Crippen molar-refractivity contribution < 1.29 is 14.2 Å². The van der Waals surface area contributed by atoms with Crippen LogP contribution in [-0.2, 0) is 15.9 Å². The highest BCUT2D eigenvalue weighted by molar-refractivity contribution is 5.27. The van der Waals surface area contributed by atoms with Crippen molar-refractivity contribution in [3.63, 3.8) is 0 Å². The summed E-state index contributed by atoms with van der Waals surface area (Å²) in [6.45, 7) is 6.22. The first-order chi connectivity index (χ1) is 9.09. The molecule has 1 aromatic carbocycles. The van der Waals surface area contributed by atoms with Crippen LogP contribution >= 0.6 is 0 Å². The van der Waals surface area contributed by atoms with Gasteiger partial charge in [0.05, 0.1) is 26.4 Å². The average molecular weight is 265 g/mol. The number of hydrogen-bond donors (Lipinski definition) is 1. The average Bonchev–Trinajstić information content (AvgIpc) is 2.41. The first-order valence-corrected chi connectivity index (χ1v) is 6.73.